The highest BCUT2D eigenvalue weighted by molar-refractivity contribution is 5.89. The molecule has 1 aliphatic carbocycles. The smallest absolute Gasteiger partial charge is 0.308 e. The summed E-state index contributed by atoms with van der Waals surface area (Å²) < 4.78 is 18.0. The van der Waals surface area contributed by atoms with E-state index in [1.54, 1.807) is 12.1 Å². The highest BCUT2D eigenvalue weighted by atomic mass is 19.1. The van der Waals surface area contributed by atoms with Gasteiger partial charge in [-0.05, 0) is 43.4 Å². The van der Waals surface area contributed by atoms with Gasteiger partial charge in [-0.25, -0.2) is 4.39 Å². The predicted octanol–water partition coefficient (Wildman–Crippen LogP) is 2.66. The average Bonchev–Trinajstić information content (AvgIpc) is 2.55. The number of ether oxygens (including phenoxy) is 1. The van der Waals surface area contributed by atoms with Crippen molar-refractivity contribution in [3.63, 3.8) is 0 Å². The van der Waals surface area contributed by atoms with Crippen molar-refractivity contribution < 1.29 is 18.7 Å². The van der Waals surface area contributed by atoms with Crippen molar-refractivity contribution in [1.29, 1.82) is 0 Å². The van der Waals surface area contributed by atoms with E-state index in [-0.39, 0.29) is 23.6 Å². The Morgan fingerprint density at radius 1 is 1.17 bits per heavy atom. The molecule has 1 aliphatic heterocycles. The number of hydrogen-bond donors (Lipinski definition) is 0. The lowest BCUT2D eigenvalue weighted by Crippen LogP contribution is -2.53. The first kappa shape index (κ1) is 16.0. The van der Waals surface area contributed by atoms with Crippen molar-refractivity contribution in [2.24, 2.45) is 5.92 Å². The topological polar surface area (TPSA) is 46.6 Å². The summed E-state index contributed by atoms with van der Waals surface area (Å²) in [5.74, 6) is -0.450. The monoisotopic (exact) mass is 319 g/mol. The van der Waals surface area contributed by atoms with Gasteiger partial charge in [-0.3, -0.25) is 9.59 Å². The van der Waals surface area contributed by atoms with Crippen LogP contribution in [0.1, 0.15) is 37.7 Å². The van der Waals surface area contributed by atoms with Crippen LogP contribution in [0.5, 0.6) is 0 Å². The molecule has 0 aromatic heterocycles. The molecular weight excluding hydrogens is 297 g/mol. The quantitative estimate of drug-likeness (QED) is 0.805. The van der Waals surface area contributed by atoms with Gasteiger partial charge in [0.1, 0.15) is 5.82 Å². The molecule has 0 unspecified atom stereocenters. The average molecular weight is 319 g/mol. The summed E-state index contributed by atoms with van der Waals surface area (Å²) in [6.07, 6.45) is 3.94. The Hall–Kier alpha value is -1.91. The number of likely N-dealkylation sites (tertiary alicyclic amines) is 1. The largest absolute Gasteiger partial charge is 0.469 e. The lowest BCUT2D eigenvalue weighted by Gasteiger charge is -2.45. The third kappa shape index (κ3) is 2.84. The maximum absolute atomic E-state index is 13.2. The molecule has 1 saturated heterocycles. The first-order valence-electron chi connectivity index (χ1n) is 8.20. The fourth-order valence-corrected chi connectivity index (χ4v) is 3.71. The molecule has 124 valence electrons. The molecule has 1 saturated carbocycles. The van der Waals surface area contributed by atoms with E-state index in [0.717, 1.165) is 24.8 Å². The fraction of sp³-hybridized carbons (Fsp3) is 0.556. The van der Waals surface area contributed by atoms with Crippen LogP contribution in [-0.2, 0) is 19.7 Å². The number of rotatable bonds is 3. The van der Waals surface area contributed by atoms with E-state index in [0.29, 0.717) is 25.9 Å². The standard InChI is InChI=1S/C18H22FNO3/c1-23-16(21)13-7-11-20(12-8-13)17(22)18(9-2-10-18)14-3-5-15(19)6-4-14/h3-6,13H,2,7-12H2,1H3. The van der Waals surface area contributed by atoms with Gasteiger partial charge in [-0.15, -0.1) is 0 Å². The van der Waals surface area contributed by atoms with Crippen molar-refractivity contribution in [2.75, 3.05) is 20.2 Å². The second-order valence-corrected chi connectivity index (χ2v) is 6.53. The van der Waals surface area contributed by atoms with E-state index in [1.807, 2.05) is 4.90 Å². The van der Waals surface area contributed by atoms with E-state index >= 15 is 0 Å². The molecule has 5 heteroatoms. The van der Waals surface area contributed by atoms with Crippen LogP contribution in [0.4, 0.5) is 4.39 Å². The van der Waals surface area contributed by atoms with E-state index in [9.17, 15) is 14.0 Å². The third-order valence-corrected chi connectivity index (χ3v) is 5.33. The van der Waals surface area contributed by atoms with Gasteiger partial charge in [0.15, 0.2) is 0 Å². The second-order valence-electron chi connectivity index (χ2n) is 6.53. The molecule has 0 N–H and O–H groups in total. The number of hydrogen-bond acceptors (Lipinski definition) is 3. The minimum atomic E-state index is -0.494. The minimum Gasteiger partial charge on any atom is -0.469 e. The van der Waals surface area contributed by atoms with Gasteiger partial charge < -0.3 is 9.64 Å². The number of amides is 1. The van der Waals surface area contributed by atoms with Gasteiger partial charge in [-0.2, -0.15) is 0 Å². The summed E-state index contributed by atoms with van der Waals surface area (Å²) in [7, 11) is 1.40. The number of carbonyl (C=O) groups is 2. The van der Waals surface area contributed by atoms with Crippen LogP contribution < -0.4 is 0 Å². The van der Waals surface area contributed by atoms with E-state index in [2.05, 4.69) is 0 Å². The van der Waals surface area contributed by atoms with E-state index < -0.39 is 5.41 Å². The Morgan fingerprint density at radius 2 is 1.78 bits per heavy atom. The van der Waals surface area contributed by atoms with Crippen LogP contribution in [-0.4, -0.2) is 37.0 Å². The van der Waals surface area contributed by atoms with Crippen molar-refractivity contribution in [3.05, 3.63) is 35.6 Å². The Bertz CT molecular complexity index is 587. The van der Waals surface area contributed by atoms with Gasteiger partial charge in [0.25, 0.3) is 0 Å². The Kier molecular flexibility index (Phi) is 4.37. The van der Waals surface area contributed by atoms with Gasteiger partial charge in [0.05, 0.1) is 18.4 Å². The molecule has 3 rings (SSSR count). The Labute approximate surface area is 135 Å². The normalized spacial score (nSPS) is 20.7. The Morgan fingerprint density at radius 3 is 2.26 bits per heavy atom. The molecule has 1 aromatic carbocycles. The summed E-state index contributed by atoms with van der Waals surface area (Å²) in [4.78, 5) is 26.5. The molecule has 1 aromatic rings. The summed E-state index contributed by atoms with van der Waals surface area (Å²) in [5, 5.41) is 0. The number of methoxy groups -OCH3 is 1. The summed E-state index contributed by atoms with van der Waals surface area (Å²) in [5.41, 5.74) is 0.413. The molecule has 1 heterocycles. The minimum absolute atomic E-state index is 0.104. The fourth-order valence-electron chi connectivity index (χ4n) is 3.71. The van der Waals surface area contributed by atoms with Crippen molar-refractivity contribution in [1.82, 2.24) is 4.90 Å². The lowest BCUT2D eigenvalue weighted by molar-refractivity contribution is -0.151. The molecule has 2 fully saturated rings. The number of piperidine rings is 1. The highest BCUT2D eigenvalue weighted by Crippen LogP contribution is 2.45. The summed E-state index contributed by atoms with van der Waals surface area (Å²) in [6.45, 7) is 1.17. The highest BCUT2D eigenvalue weighted by Gasteiger charge is 2.48. The summed E-state index contributed by atoms with van der Waals surface area (Å²) in [6, 6.07) is 6.31. The number of esters is 1. The molecule has 0 spiro atoms. The lowest BCUT2D eigenvalue weighted by atomic mass is 9.63. The second kappa shape index (κ2) is 6.30. The van der Waals surface area contributed by atoms with Crippen LogP contribution in [0.15, 0.2) is 24.3 Å². The van der Waals surface area contributed by atoms with Crippen LogP contribution in [0.25, 0.3) is 0 Å². The van der Waals surface area contributed by atoms with Gasteiger partial charge in [0, 0.05) is 13.1 Å². The van der Waals surface area contributed by atoms with E-state index in [1.165, 1.54) is 19.2 Å². The number of halogens is 1. The first-order chi connectivity index (χ1) is 11.1. The number of carbonyl (C=O) groups excluding carboxylic acids is 2. The molecule has 0 radical (unpaired) electrons. The third-order valence-electron chi connectivity index (χ3n) is 5.33. The molecule has 0 bridgehead atoms. The van der Waals surface area contributed by atoms with Crippen LogP contribution in [0, 0.1) is 11.7 Å². The van der Waals surface area contributed by atoms with Gasteiger partial charge in [-0.1, -0.05) is 18.6 Å². The molecule has 2 aliphatic rings. The van der Waals surface area contributed by atoms with Crippen LogP contribution in [0.2, 0.25) is 0 Å². The molecular formula is C18H22FNO3. The maximum atomic E-state index is 13.2. The molecule has 1 amide bonds. The van der Waals surface area contributed by atoms with Crippen molar-refractivity contribution in [2.45, 2.75) is 37.5 Å². The number of benzene rings is 1. The predicted molar refractivity (Wildman–Crippen MR) is 83.2 cm³/mol. The van der Waals surface area contributed by atoms with Crippen molar-refractivity contribution >= 4 is 11.9 Å². The Balaban J connectivity index is 1.72. The van der Waals surface area contributed by atoms with Crippen molar-refractivity contribution in [3.8, 4) is 0 Å². The number of nitrogens with zero attached hydrogens (tertiary/aromatic N) is 1. The van der Waals surface area contributed by atoms with Gasteiger partial charge >= 0.3 is 5.97 Å². The van der Waals surface area contributed by atoms with E-state index in [4.69, 9.17) is 4.74 Å². The van der Waals surface area contributed by atoms with Crippen LogP contribution >= 0.6 is 0 Å². The molecule has 4 nitrogen and oxygen atoms in total. The zero-order valence-electron chi connectivity index (χ0n) is 13.4. The maximum Gasteiger partial charge on any atom is 0.308 e. The first-order valence-corrected chi connectivity index (χ1v) is 8.20. The zero-order valence-corrected chi connectivity index (χ0v) is 13.4. The van der Waals surface area contributed by atoms with Crippen LogP contribution in [0.3, 0.4) is 0 Å². The SMILES string of the molecule is COC(=O)C1CCN(C(=O)C2(c3ccc(F)cc3)CCC2)CC1. The summed E-state index contributed by atoms with van der Waals surface area (Å²) >= 11 is 0. The molecule has 23 heavy (non-hydrogen) atoms. The molecule has 0 atom stereocenters. The zero-order chi connectivity index (χ0) is 16.4. The van der Waals surface area contributed by atoms with Gasteiger partial charge in [0.2, 0.25) is 5.91 Å².